The molecule has 3 saturated heterocycles. The summed E-state index contributed by atoms with van der Waals surface area (Å²) in [5.41, 5.74) is 1.33. The number of carbonyl (C=O) groups is 4. The number of nitrogens with one attached hydrogen (secondary N) is 3. The average Bonchev–Trinajstić information content (AvgIpc) is 4.05. The third kappa shape index (κ3) is 8.25. The van der Waals surface area contributed by atoms with Gasteiger partial charge in [0, 0.05) is 74.6 Å². The molecule has 5 fully saturated rings. The molecule has 4 aliphatic heterocycles. The molecule has 2 saturated carbocycles. The number of amides is 4. The number of hydrogen-bond donors (Lipinski definition) is 4. The van der Waals surface area contributed by atoms with Crippen molar-refractivity contribution >= 4 is 52.5 Å². The van der Waals surface area contributed by atoms with Gasteiger partial charge in [0.05, 0.1) is 24.9 Å². The molecule has 3 atom stereocenters. The maximum atomic E-state index is 15.3. The number of likely N-dealkylation sites (N-methyl/N-ethyl adjacent to an activating group) is 1. The van der Waals surface area contributed by atoms with Gasteiger partial charge in [-0.15, -0.1) is 0 Å². The number of fused-ring (bicyclic) bond motifs is 1. The summed E-state index contributed by atoms with van der Waals surface area (Å²) in [4.78, 5) is 69.0. The number of piperidine rings is 1. The standard InChI is InChI=1S/C47H59F2N9O6/c1-4-36-44(63)55(2)37-22-50-45(53-41(37)58(36)30-7-5-6-8-30)51-35-11-9-29(19-38(35)64-3)42(61)54-47(15-18-59)25-46(26-47)14-17-56(27-46)23-28-13-16-57(24-28)31-20-33(48)40(34(49)21-31)32-10-12-39(60)52-43(32)62/h9,11,19-22,28,30,32,36,59H,4-8,10,12-18,23-27H2,1-3H3,(H,54,61)(H,50,51,53)(H,52,60,62)/t28-,32?,36-,46?,47?/m1/s1. The van der Waals surface area contributed by atoms with Crippen LogP contribution in [0.25, 0.3) is 0 Å². The molecule has 4 N–H and O–H groups in total. The molecular formula is C47H59F2N9O6. The van der Waals surface area contributed by atoms with Gasteiger partial charge in [-0.05, 0) is 106 Å². The number of methoxy groups -OCH3 is 1. The van der Waals surface area contributed by atoms with E-state index in [0.29, 0.717) is 66.2 Å². The number of anilines is 5. The predicted octanol–water partition coefficient (Wildman–Crippen LogP) is 5.39. The lowest BCUT2D eigenvalue weighted by Gasteiger charge is -2.55. The number of hydrogen-bond acceptors (Lipinski definition) is 12. The molecule has 64 heavy (non-hydrogen) atoms. The molecule has 1 aromatic heterocycles. The zero-order valence-electron chi connectivity index (χ0n) is 36.9. The molecule has 15 nitrogen and oxygen atoms in total. The average molecular weight is 884 g/mol. The highest BCUT2D eigenvalue weighted by molar-refractivity contribution is 6.04. The number of carbonyl (C=O) groups excluding carboxylic acids is 4. The number of benzene rings is 2. The van der Waals surface area contributed by atoms with Gasteiger partial charge in [-0.3, -0.25) is 24.5 Å². The Balaban J connectivity index is 0.810. The molecule has 4 amide bonds. The van der Waals surface area contributed by atoms with Crippen LogP contribution in [0.15, 0.2) is 36.5 Å². The topological polar surface area (TPSA) is 173 Å². The van der Waals surface area contributed by atoms with Crippen LogP contribution >= 0.6 is 0 Å². The largest absolute Gasteiger partial charge is 0.495 e. The van der Waals surface area contributed by atoms with Crippen molar-refractivity contribution in [1.82, 2.24) is 25.5 Å². The summed E-state index contributed by atoms with van der Waals surface area (Å²) in [6.07, 6.45) is 10.6. The molecule has 3 aromatic rings. The van der Waals surface area contributed by atoms with E-state index < -0.39 is 34.9 Å². The van der Waals surface area contributed by atoms with Gasteiger partial charge in [-0.2, -0.15) is 4.98 Å². The van der Waals surface area contributed by atoms with Crippen LogP contribution in [0.1, 0.15) is 106 Å². The highest BCUT2D eigenvalue weighted by Crippen LogP contribution is 2.55. The SMILES string of the molecule is CC[C@@H]1C(=O)N(C)c2cnc(Nc3ccc(C(=O)NC4(CCO)CC5(CCN(C[C@H]6CCN(c7cc(F)c(C8CCC(=O)NC8=O)c(F)c7)C6)C5)C4)cc3OC)nc2N1C1CCCC1. The lowest BCUT2D eigenvalue weighted by molar-refractivity contribution is -0.134. The van der Waals surface area contributed by atoms with Gasteiger partial charge in [0.2, 0.25) is 23.7 Å². The maximum Gasteiger partial charge on any atom is 0.251 e. The second-order valence-electron chi connectivity index (χ2n) is 19.1. The fourth-order valence-corrected chi connectivity index (χ4v) is 11.8. The molecule has 1 unspecified atom stereocenters. The van der Waals surface area contributed by atoms with Crippen LogP contribution in [0.3, 0.4) is 0 Å². The van der Waals surface area contributed by atoms with Gasteiger partial charge in [0.1, 0.15) is 29.1 Å². The Hall–Kier alpha value is -5.42. The number of halogens is 2. The van der Waals surface area contributed by atoms with Crippen LogP contribution in [0, 0.1) is 23.0 Å². The van der Waals surface area contributed by atoms with Gasteiger partial charge < -0.3 is 40.1 Å². The lowest BCUT2D eigenvalue weighted by atomic mass is 9.55. The van der Waals surface area contributed by atoms with Crippen LogP contribution in [0.2, 0.25) is 0 Å². The van der Waals surface area contributed by atoms with E-state index in [1.807, 2.05) is 11.8 Å². The minimum absolute atomic E-state index is 0.0196. The Kier molecular flexibility index (Phi) is 12.0. The van der Waals surface area contributed by atoms with Crippen LogP contribution in [-0.2, 0) is 14.4 Å². The molecular weight excluding hydrogens is 825 g/mol. The zero-order valence-corrected chi connectivity index (χ0v) is 36.9. The lowest BCUT2D eigenvalue weighted by Crippen LogP contribution is -2.63. The van der Waals surface area contributed by atoms with Crippen molar-refractivity contribution in [3.05, 3.63) is 59.3 Å². The first-order valence-corrected chi connectivity index (χ1v) is 22.9. The van der Waals surface area contributed by atoms with E-state index in [0.717, 1.165) is 76.8 Å². The van der Waals surface area contributed by atoms with E-state index >= 15 is 8.78 Å². The Labute approximate surface area is 372 Å². The van der Waals surface area contributed by atoms with Gasteiger partial charge >= 0.3 is 0 Å². The van der Waals surface area contributed by atoms with Crippen LogP contribution < -0.4 is 35.4 Å². The van der Waals surface area contributed by atoms with E-state index in [-0.39, 0.29) is 54.3 Å². The minimum Gasteiger partial charge on any atom is -0.495 e. The van der Waals surface area contributed by atoms with Crippen molar-refractivity contribution < 1.29 is 37.8 Å². The van der Waals surface area contributed by atoms with Crippen molar-refractivity contribution in [2.45, 2.75) is 108 Å². The van der Waals surface area contributed by atoms with Crippen molar-refractivity contribution in [2.24, 2.45) is 11.3 Å². The minimum atomic E-state index is -1.03. The number of aliphatic hydroxyl groups excluding tert-OH is 1. The van der Waals surface area contributed by atoms with Crippen molar-refractivity contribution in [1.29, 1.82) is 0 Å². The first-order valence-electron chi connectivity index (χ1n) is 22.9. The number of likely N-dealkylation sites (tertiary alicyclic amines) is 1. The van der Waals surface area contributed by atoms with E-state index in [2.05, 4.69) is 30.7 Å². The second kappa shape index (κ2) is 17.5. The highest BCUT2D eigenvalue weighted by Gasteiger charge is 2.57. The summed E-state index contributed by atoms with van der Waals surface area (Å²) in [6.45, 7) is 5.93. The van der Waals surface area contributed by atoms with Crippen molar-refractivity contribution in [3.8, 4) is 5.75 Å². The van der Waals surface area contributed by atoms with Crippen molar-refractivity contribution in [2.75, 3.05) is 73.5 Å². The second-order valence-corrected chi connectivity index (χ2v) is 19.1. The summed E-state index contributed by atoms with van der Waals surface area (Å²) in [5, 5.41) is 18.9. The van der Waals surface area contributed by atoms with Crippen LogP contribution in [0.5, 0.6) is 5.75 Å². The predicted molar refractivity (Wildman–Crippen MR) is 237 cm³/mol. The van der Waals surface area contributed by atoms with Crippen molar-refractivity contribution in [3.63, 3.8) is 0 Å². The van der Waals surface area contributed by atoms with E-state index in [4.69, 9.17) is 9.72 Å². The summed E-state index contributed by atoms with van der Waals surface area (Å²) in [5.74, 6) is -2.03. The number of aromatic nitrogens is 2. The molecule has 2 aliphatic carbocycles. The Morgan fingerprint density at radius 2 is 1.81 bits per heavy atom. The van der Waals surface area contributed by atoms with E-state index in [9.17, 15) is 24.3 Å². The number of ether oxygens (including phenoxy) is 1. The van der Waals surface area contributed by atoms with Crippen LogP contribution in [-0.4, -0.2) is 115 Å². The molecule has 1 spiro atoms. The van der Waals surface area contributed by atoms with Gasteiger partial charge in [-0.1, -0.05) is 19.8 Å². The fourth-order valence-electron chi connectivity index (χ4n) is 11.8. The summed E-state index contributed by atoms with van der Waals surface area (Å²) >= 11 is 0. The molecule has 5 heterocycles. The third-order valence-electron chi connectivity index (χ3n) is 14.9. The first kappa shape index (κ1) is 43.8. The zero-order chi connectivity index (χ0) is 44.9. The summed E-state index contributed by atoms with van der Waals surface area (Å²) in [6, 6.07) is 7.77. The van der Waals surface area contributed by atoms with Gasteiger partial charge in [-0.25, -0.2) is 13.8 Å². The molecule has 0 bridgehead atoms. The van der Waals surface area contributed by atoms with E-state index in [1.165, 1.54) is 12.1 Å². The maximum absolute atomic E-state index is 15.3. The molecule has 6 aliphatic rings. The van der Waals surface area contributed by atoms with Gasteiger partial charge in [0.25, 0.3) is 5.91 Å². The number of rotatable bonds is 13. The molecule has 9 rings (SSSR count). The molecule has 0 radical (unpaired) electrons. The molecule has 342 valence electrons. The van der Waals surface area contributed by atoms with Gasteiger partial charge in [0.15, 0.2) is 5.82 Å². The molecule has 17 heteroatoms. The monoisotopic (exact) mass is 883 g/mol. The Morgan fingerprint density at radius 3 is 2.52 bits per heavy atom. The van der Waals surface area contributed by atoms with Crippen LogP contribution in [0.4, 0.5) is 37.6 Å². The Morgan fingerprint density at radius 1 is 1.05 bits per heavy atom. The first-order chi connectivity index (χ1) is 30.8. The quantitative estimate of drug-likeness (QED) is 0.162. The third-order valence-corrected chi connectivity index (χ3v) is 14.9. The number of nitrogens with zero attached hydrogens (tertiary/aromatic N) is 6. The number of aliphatic hydroxyl groups is 1. The summed E-state index contributed by atoms with van der Waals surface area (Å²) < 4.78 is 36.4. The fraction of sp³-hybridized carbons (Fsp3) is 0.574. The van der Waals surface area contributed by atoms with E-state index in [1.54, 1.807) is 43.5 Å². The smallest absolute Gasteiger partial charge is 0.251 e. The normalized spacial score (nSPS) is 27.2. The summed E-state index contributed by atoms with van der Waals surface area (Å²) in [7, 11) is 3.32. The number of imide groups is 1. The molecule has 2 aromatic carbocycles. The highest BCUT2D eigenvalue weighted by atomic mass is 19.1. The Bertz CT molecular complexity index is 2300.